The molecule has 2 saturated heterocycles. The third-order valence-corrected chi connectivity index (χ3v) is 7.68. The van der Waals surface area contributed by atoms with Crippen molar-refractivity contribution in [2.45, 2.75) is 25.8 Å². The number of piperazine rings is 1. The van der Waals surface area contributed by atoms with Crippen molar-refractivity contribution in [2.24, 2.45) is 0 Å². The number of nitrogens with one attached hydrogen (secondary N) is 1. The highest BCUT2D eigenvalue weighted by atomic mass is 19.1. The Bertz CT molecular complexity index is 1560. The summed E-state index contributed by atoms with van der Waals surface area (Å²) in [6.07, 6.45) is 4.66. The van der Waals surface area contributed by atoms with Gasteiger partial charge in [-0.1, -0.05) is 0 Å². The van der Waals surface area contributed by atoms with Gasteiger partial charge >= 0.3 is 0 Å². The molecule has 4 heterocycles. The number of aromatic nitrogens is 3. The zero-order valence-electron chi connectivity index (χ0n) is 22.1. The van der Waals surface area contributed by atoms with Gasteiger partial charge in [-0.3, -0.25) is 9.59 Å². The van der Waals surface area contributed by atoms with Crippen LogP contribution in [0.2, 0.25) is 0 Å². The van der Waals surface area contributed by atoms with Crippen molar-refractivity contribution >= 4 is 34.7 Å². The van der Waals surface area contributed by atoms with Crippen molar-refractivity contribution in [1.82, 2.24) is 19.5 Å². The molecule has 1 N–H and O–H groups in total. The highest BCUT2D eigenvalue weighted by Gasteiger charge is 2.30. The first-order chi connectivity index (χ1) is 19.4. The minimum absolute atomic E-state index is 0.0905. The Balaban J connectivity index is 1.18. The van der Waals surface area contributed by atoms with Gasteiger partial charge in [-0.15, -0.1) is 0 Å². The largest absolute Gasteiger partial charge is 0.368 e. The van der Waals surface area contributed by atoms with Crippen molar-refractivity contribution < 1.29 is 18.4 Å². The van der Waals surface area contributed by atoms with E-state index in [0.29, 0.717) is 54.3 Å². The van der Waals surface area contributed by atoms with Crippen LogP contribution in [-0.2, 0) is 4.79 Å². The fraction of sp³-hybridized carbons (Fsp3) is 0.310. The van der Waals surface area contributed by atoms with Crippen LogP contribution in [0.3, 0.4) is 0 Å². The summed E-state index contributed by atoms with van der Waals surface area (Å²) < 4.78 is 30.0. The van der Waals surface area contributed by atoms with Gasteiger partial charge < -0.3 is 20.0 Å². The highest BCUT2D eigenvalue weighted by Crippen LogP contribution is 2.37. The molecule has 2 aromatic heterocycles. The average Bonchev–Trinajstić information content (AvgIpc) is 3.62. The van der Waals surface area contributed by atoms with Gasteiger partial charge in [-0.2, -0.15) is 5.10 Å². The molecule has 2 aliphatic rings. The summed E-state index contributed by atoms with van der Waals surface area (Å²) in [6.45, 7) is 5.11. The van der Waals surface area contributed by atoms with E-state index in [0.717, 1.165) is 37.3 Å². The van der Waals surface area contributed by atoms with E-state index in [2.05, 4.69) is 15.3 Å². The topological polar surface area (TPSA) is 86.1 Å². The standard InChI is InChI=1S/C29H29F2N7O2/c1-19(39)35-13-15-36(16-14-35)22-7-5-21(6-8-22)33-29(40)24-18-32-38-12-10-27(34-28(24)38)37-11-2-3-26(37)23-17-20(30)4-9-25(23)31/h4-10,12,17-18,26H,2-3,11,13-16H2,1H3,(H,33,40)/t26-/m1/s1. The molecule has 0 aliphatic carbocycles. The lowest BCUT2D eigenvalue weighted by atomic mass is 10.0. The number of hydrogen-bond donors (Lipinski definition) is 1. The minimum Gasteiger partial charge on any atom is -0.368 e. The van der Waals surface area contributed by atoms with Crippen molar-refractivity contribution in [2.75, 3.05) is 47.8 Å². The van der Waals surface area contributed by atoms with Gasteiger partial charge in [-0.05, 0) is 61.4 Å². The number of anilines is 3. The lowest BCUT2D eigenvalue weighted by molar-refractivity contribution is -0.129. The predicted octanol–water partition coefficient (Wildman–Crippen LogP) is 4.27. The zero-order valence-corrected chi connectivity index (χ0v) is 22.1. The maximum absolute atomic E-state index is 14.6. The van der Waals surface area contributed by atoms with Crippen LogP contribution < -0.4 is 15.1 Å². The maximum atomic E-state index is 14.6. The molecule has 0 spiro atoms. The number of rotatable bonds is 5. The Hall–Kier alpha value is -4.54. The fourth-order valence-corrected chi connectivity index (χ4v) is 5.55. The first-order valence-electron chi connectivity index (χ1n) is 13.4. The van der Waals surface area contributed by atoms with E-state index in [1.54, 1.807) is 19.2 Å². The van der Waals surface area contributed by atoms with Crippen molar-refractivity contribution in [3.05, 3.63) is 83.7 Å². The lowest BCUT2D eigenvalue weighted by Crippen LogP contribution is -2.48. The number of amides is 2. The van der Waals surface area contributed by atoms with E-state index in [-0.39, 0.29) is 17.9 Å². The van der Waals surface area contributed by atoms with E-state index in [4.69, 9.17) is 4.98 Å². The second-order valence-electron chi connectivity index (χ2n) is 10.1. The van der Waals surface area contributed by atoms with E-state index < -0.39 is 11.6 Å². The smallest absolute Gasteiger partial charge is 0.261 e. The molecule has 4 aromatic rings. The number of carbonyl (C=O) groups excluding carboxylic acids is 2. The van der Waals surface area contributed by atoms with Gasteiger partial charge in [0.25, 0.3) is 5.91 Å². The molecule has 0 saturated carbocycles. The summed E-state index contributed by atoms with van der Waals surface area (Å²) in [7, 11) is 0. The molecule has 2 aromatic carbocycles. The molecule has 0 bridgehead atoms. The van der Waals surface area contributed by atoms with Crippen molar-refractivity contribution in [1.29, 1.82) is 0 Å². The first kappa shape index (κ1) is 25.7. The van der Waals surface area contributed by atoms with Gasteiger partial charge in [0.1, 0.15) is 23.0 Å². The third-order valence-electron chi connectivity index (χ3n) is 7.68. The van der Waals surface area contributed by atoms with Crippen LogP contribution in [0, 0.1) is 11.6 Å². The predicted molar refractivity (Wildman–Crippen MR) is 148 cm³/mol. The monoisotopic (exact) mass is 545 g/mol. The summed E-state index contributed by atoms with van der Waals surface area (Å²) in [6, 6.07) is 12.5. The van der Waals surface area contributed by atoms with E-state index in [1.165, 1.54) is 16.8 Å². The number of hydrogen-bond acceptors (Lipinski definition) is 6. The summed E-state index contributed by atoms with van der Waals surface area (Å²) in [5, 5.41) is 7.19. The number of nitrogens with zero attached hydrogens (tertiary/aromatic N) is 6. The SMILES string of the molecule is CC(=O)N1CCN(c2ccc(NC(=O)c3cnn4ccc(N5CCC[C@@H]5c5cc(F)ccc5F)nc34)cc2)CC1. The van der Waals surface area contributed by atoms with E-state index in [1.807, 2.05) is 34.1 Å². The van der Waals surface area contributed by atoms with Gasteiger partial charge in [0.05, 0.1) is 12.2 Å². The number of fused-ring (bicyclic) bond motifs is 1. The van der Waals surface area contributed by atoms with Crippen molar-refractivity contribution in [3.63, 3.8) is 0 Å². The summed E-state index contributed by atoms with van der Waals surface area (Å²) in [5.74, 6) is -0.620. The average molecular weight is 546 g/mol. The molecule has 0 unspecified atom stereocenters. The normalized spacial score (nSPS) is 17.5. The third kappa shape index (κ3) is 4.94. The summed E-state index contributed by atoms with van der Waals surface area (Å²) in [5.41, 5.74) is 2.64. The van der Waals surface area contributed by atoms with Gasteiger partial charge in [0.15, 0.2) is 5.65 Å². The Labute approximate surface area is 230 Å². The van der Waals surface area contributed by atoms with Crippen molar-refractivity contribution in [3.8, 4) is 0 Å². The zero-order chi connectivity index (χ0) is 27.8. The Morgan fingerprint density at radius 2 is 1.75 bits per heavy atom. The Kier molecular flexibility index (Phi) is 6.79. The molecule has 2 amide bonds. The van der Waals surface area contributed by atoms with Gasteiger partial charge in [-0.25, -0.2) is 18.3 Å². The molecule has 11 heteroatoms. The molecule has 0 radical (unpaired) electrons. The second-order valence-corrected chi connectivity index (χ2v) is 10.1. The molecule has 9 nitrogen and oxygen atoms in total. The van der Waals surface area contributed by atoms with Crippen LogP contribution in [0.1, 0.15) is 41.7 Å². The highest BCUT2D eigenvalue weighted by molar-refractivity contribution is 6.08. The molecule has 1 atom stereocenters. The fourth-order valence-electron chi connectivity index (χ4n) is 5.55. The molecular weight excluding hydrogens is 516 g/mol. The molecule has 206 valence electrons. The maximum Gasteiger partial charge on any atom is 0.261 e. The summed E-state index contributed by atoms with van der Waals surface area (Å²) >= 11 is 0. The number of halogens is 2. The van der Waals surface area contributed by atoms with Crippen LogP contribution in [0.25, 0.3) is 5.65 Å². The molecule has 2 fully saturated rings. The molecular formula is C29H29F2N7O2. The minimum atomic E-state index is -0.481. The van der Waals surface area contributed by atoms with E-state index in [9.17, 15) is 18.4 Å². The lowest BCUT2D eigenvalue weighted by Gasteiger charge is -2.35. The molecule has 2 aliphatic heterocycles. The van der Waals surface area contributed by atoms with Crippen LogP contribution >= 0.6 is 0 Å². The quantitative estimate of drug-likeness (QED) is 0.403. The Morgan fingerprint density at radius 1 is 0.975 bits per heavy atom. The van der Waals surface area contributed by atoms with Crippen LogP contribution in [-0.4, -0.2) is 64.0 Å². The Morgan fingerprint density at radius 3 is 2.50 bits per heavy atom. The van der Waals surface area contributed by atoms with E-state index >= 15 is 0 Å². The number of carbonyl (C=O) groups is 2. The first-order valence-corrected chi connectivity index (χ1v) is 13.4. The molecule has 6 rings (SSSR count). The van der Waals surface area contributed by atoms with Crippen LogP contribution in [0.15, 0.2) is 60.9 Å². The summed E-state index contributed by atoms with van der Waals surface area (Å²) in [4.78, 5) is 35.5. The van der Waals surface area contributed by atoms with Gasteiger partial charge in [0, 0.05) is 62.8 Å². The number of benzene rings is 2. The van der Waals surface area contributed by atoms with Crippen LogP contribution in [0.5, 0.6) is 0 Å². The van der Waals surface area contributed by atoms with Gasteiger partial charge in [0.2, 0.25) is 5.91 Å². The second kappa shape index (κ2) is 10.6. The molecule has 40 heavy (non-hydrogen) atoms. The van der Waals surface area contributed by atoms with Crippen LogP contribution in [0.4, 0.5) is 26.0 Å².